The average Bonchev–Trinajstić information content (AvgIpc) is 2.65. The molecule has 0 unspecified atom stereocenters. The summed E-state index contributed by atoms with van der Waals surface area (Å²) in [7, 11) is 0. The zero-order valence-electron chi connectivity index (χ0n) is 15.0. The lowest BCUT2D eigenvalue weighted by Gasteiger charge is -2.11. The van der Waals surface area contributed by atoms with Crippen molar-refractivity contribution in [3.05, 3.63) is 70.5 Å². The first-order chi connectivity index (χ1) is 13.1. The van der Waals surface area contributed by atoms with Crippen molar-refractivity contribution in [1.29, 1.82) is 0 Å². The Balaban J connectivity index is 1.88. The Morgan fingerprint density at radius 1 is 0.963 bits per heavy atom. The highest BCUT2D eigenvalue weighted by molar-refractivity contribution is 5.76. The molecule has 0 bridgehead atoms. The summed E-state index contributed by atoms with van der Waals surface area (Å²) in [4.78, 5) is 19.2. The molecule has 2 aromatic carbocycles. The number of nitro groups is 1. The van der Waals surface area contributed by atoms with Crippen LogP contribution in [0.15, 0.2) is 54.9 Å². The molecule has 0 amide bonds. The van der Waals surface area contributed by atoms with Crippen molar-refractivity contribution in [2.24, 2.45) is 0 Å². The Kier molecular flexibility index (Phi) is 5.46. The van der Waals surface area contributed by atoms with Crippen LogP contribution in [0.25, 0.3) is 0 Å². The maximum Gasteiger partial charge on any atom is 0.353 e. The van der Waals surface area contributed by atoms with Gasteiger partial charge in [-0.1, -0.05) is 17.7 Å². The van der Waals surface area contributed by atoms with Crippen molar-refractivity contribution >= 4 is 28.7 Å². The Morgan fingerprint density at radius 3 is 1.96 bits per heavy atom. The van der Waals surface area contributed by atoms with Crippen LogP contribution in [0.3, 0.4) is 0 Å². The molecule has 1 heterocycles. The summed E-state index contributed by atoms with van der Waals surface area (Å²) in [5.41, 5.74) is 2.22. The van der Waals surface area contributed by atoms with E-state index in [1.54, 1.807) is 24.3 Å². The molecule has 0 spiro atoms. The number of benzene rings is 2. The van der Waals surface area contributed by atoms with E-state index in [9.17, 15) is 10.1 Å². The molecule has 0 aliphatic carbocycles. The van der Waals surface area contributed by atoms with E-state index in [0.717, 1.165) is 11.3 Å². The minimum absolute atomic E-state index is 0.105. The van der Waals surface area contributed by atoms with Crippen molar-refractivity contribution in [2.75, 3.05) is 17.2 Å². The summed E-state index contributed by atoms with van der Waals surface area (Å²) in [5.74, 6) is 0.947. The number of nitrogens with zero attached hydrogens (tertiary/aromatic N) is 3. The number of aryl methyl sites for hydroxylation is 1. The molecule has 0 radical (unpaired) electrons. The van der Waals surface area contributed by atoms with Gasteiger partial charge < -0.3 is 15.4 Å². The summed E-state index contributed by atoms with van der Waals surface area (Å²) >= 11 is 0. The van der Waals surface area contributed by atoms with Gasteiger partial charge in [-0.15, -0.1) is 0 Å². The van der Waals surface area contributed by atoms with Crippen LogP contribution in [-0.2, 0) is 0 Å². The second-order valence-corrected chi connectivity index (χ2v) is 5.75. The normalized spacial score (nSPS) is 10.3. The van der Waals surface area contributed by atoms with E-state index >= 15 is 0 Å². The summed E-state index contributed by atoms with van der Waals surface area (Å²) in [5, 5.41) is 17.6. The third-order valence-electron chi connectivity index (χ3n) is 3.75. The SMILES string of the molecule is CCOc1ccc(Nc2ncnc(Nc3ccc(C)cc3)c2[N+](=O)[O-])cc1. The fourth-order valence-corrected chi connectivity index (χ4v) is 2.45. The third-order valence-corrected chi connectivity index (χ3v) is 3.75. The van der Waals surface area contributed by atoms with E-state index in [2.05, 4.69) is 20.6 Å². The first kappa shape index (κ1) is 18.1. The number of nitrogens with one attached hydrogen (secondary N) is 2. The summed E-state index contributed by atoms with van der Waals surface area (Å²) < 4.78 is 5.40. The fourth-order valence-electron chi connectivity index (χ4n) is 2.45. The second-order valence-electron chi connectivity index (χ2n) is 5.75. The molecule has 0 saturated heterocycles. The highest BCUT2D eigenvalue weighted by atomic mass is 16.6. The smallest absolute Gasteiger partial charge is 0.353 e. The van der Waals surface area contributed by atoms with E-state index in [0.29, 0.717) is 18.0 Å². The Labute approximate surface area is 156 Å². The molecule has 138 valence electrons. The van der Waals surface area contributed by atoms with Crippen LogP contribution in [0, 0.1) is 17.0 Å². The molecule has 0 fully saturated rings. The number of hydrogen-bond donors (Lipinski definition) is 2. The van der Waals surface area contributed by atoms with Gasteiger partial charge in [0.05, 0.1) is 11.5 Å². The molecule has 0 atom stereocenters. The van der Waals surface area contributed by atoms with Gasteiger partial charge in [0.1, 0.15) is 12.1 Å². The molecule has 2 N–H and O–H groups in total. The number of ether oxygens (including phenoxy) is 1. The van der Waals surface area contributed by atoms with Crippen molar-refractivity contribution in [2.45, 2.75) is 13.8 Å². The average molecular weight is 365 g/mol. The standard InChI is InChI=1S/C19H19N5O3/c1-3-27-16-10-8-15(9-11-16)23-19-17(24(25)26)18(20-12-21-19)22-14-6-4-13(2)5-7-14/h4-12H,3H2,1-2H3,(H2,20,21,22,23). The van der Waals surface area contributed by atoms with Gasteiger partial charge in [-0.2, -0.15) is 0 Å². The summed E-state index contributed by atoms with van der Waals surface area (Å²) in [6, 6.07) is 14.6. The minimum atomic E-state index is -0.507. The molecule has 1 aromatic heterocycles. The van der Waals surface area contributed by atoms with Gasteiger partial charge >= 0.3 is 5.69 Å². The first-order valence-electron chi connectivity index (χ1n) is 8.40. The van der Waals surface area contributed by atoms with Crippen molar-refractivity contribution in [1.82, 2.24) is 9.97 Å². The largest absolute Gasteiger partial charge is 0.494 e. The Hall–Kier alpha value is -3.68. The van der Waals surface area contributed by atoms with Crippen LogP contribution in [0.2, 0.25) is 0 Å². The lowest BCUT2D eigenvalue weighted by molar-refractivity contribution is -0.383. The molecular formula is C19H19N5O3. The topological polar surface area (TPSA) is 102 Å². The van der Waals surface area contributed by atoms with Crippen molar-refractivity contribution in [3.8, 4) is 5.75 Å². The van der Waals surface area contributed by atoms with Crippen LogP contribution < -0.4 is 15.4 Å². The zero-order chi connectivity index (χ0) is 19.2. The van der Waals surface area contributed by atoms with E-state index < -0.39 is 4.92 Å². The van der Waals surface area contributed by atoms with E-state index in [1.807, 2.05) is 38.1 Å². The Bertz CT molecular complexity index is 927. The quantitative estimate of drug-likeness (QED) is 0.467. The molecule has 0 aliphatic heterocycles. The summed E-state index contributed by atoms with van der Waals surface area (Å²) in [6.45, 7) is 4.44. The number of rotatable bonds is 7. The van der Waals surface area contributed by atoms with E-state index in [1.165, 1.54) is 6.33 Å². The number of hydrogen-bond acceptors (Lipinski definition) is 7. The molecule has 8 nitrogen and oxygen atoms in total. The predicted octanol–water partition coefficient (Wildman–Crippen LogP) is 4.58. The lowest BCUT2D eigenvalue weighted by Crippen LogP contribution is -2.05. The van der Waals surface area contributed by atoms with Gasteiger partial charge in [-0.3, -0.25) is 10.1 Å². The highest BCUT2D eigenvalue weighted by Crippen LogP contribution is 2.33. The van der Waals surface area contributed by atoms with Crippen LogP contribution in [0.1, 0.15) is 12.5 Å². The predicted molar refractivity (Wildman–Crippen MR) is 104 cm³/mol. The third kappa shape index (κ3) is 4.49. The van der Waals surface area contributed by atoms with Crippen molar-refractivity contribution in [3.63, 3.8) is 0 Å². The van der Waals surface area contributed by atoms with E-state index in [-0.39, 0.29) is 17.3 Å². The van der Waals surface area contributed by atoms with Crippen LogP contribution >= 0.6 is 0 Å². The number of aromatic nitrogens is 2. The van der Waals surface area contributed by atoms with Gasteiger partial charge in [-0.05, 0) is 50.2 Å². The van der Waals surface area contributed by atoms with Crippen LogP contribution in [0.4, 0.5) is 28.7 Å². The highest BCUT2D eigenvalue weighted by Gasteiger charge is 2.23. The molecule has 8 heteroatoms. The second kappa shape index (κ2) is 8.13. The fraction of sp³-hybridized carbons (Fsp3) is 0.158. The molecule has 3 aromatic rings. The van der Waals surface area contributed by atoms with Crippen LogP contribution in [-0.4, -0.2) is 21.5 Å². The summed E-state index contributed by atoms with van der Waals surface area (Å²) in [6.07, 6.45) is 1.28. The maximum absolute atomic E-state index is 11.6. The molecular weight excluding hydrogens is 346 g/mol. The van der Waals surface area contributed by atoms with Crippen LogP contribution in [0.5, 0.6) is 5.75 Å². The first-order valence-corrected chi connectivity index (χ1v) is 8.40. The molecule has 0 aliphatic rings. The van der Waals surface area contributed by atoms with Gasteiger partial charge in [0.2, 0.25) is 11.6 Å². The Morgan fingerprint density at radius 2 is 1.48 bits per heavy atom. The van der Waals surface area contributed by atoms with E-state index in [4.69, 9.17) is 4.74 Å². The van der Waals surface area contributed by atoms with Crippen molar-refractivity contribution < 1.29 is 9.66 Å². The molecule has 27 heavy (non-hydrogen) atoms. The zero-order valence-corrected chi connectivity index (χ0v) is 15.0. The monoisotopic (exact) mass is 365 g/mol. The minimum Gasteiger partial charge on any atom is -0.494 e. The van der Waals surface area contributed by atoms with Gasteiger partial charge in [0.25, 0.3) is 0 Å². The number of anilines is 4. The lowest BCUT2D eigenvalue weighted by atomic mass is 10.2. The maximum atomic E-state index is 11.6. The van der Waals surface area contributed by atoms with Gasteiger partial charge in [-0.25, -0.2) is 9.97 Å². The van der Waals surface area contributed by atoms with Gasteiger partial charge in [0.15, 0.2) is 0 Å². The van der Waals surface area contributed by atoms with Gasteiger partial charge in [0, 0.05) is 11.4 Å². The molecule has 0 saturated carbocycles. The molecule has 3 rings (SSSR count).